The maximum atomic E-state index is 11.3. The van der Waals surface area contributed by atoms with Gasteiger partial charge < -0.3 is 14.3 Å². The van der Waals surface area contributed by atoms with Crippen molar-refractivity contribution in [2.45, 2.75) is 6.10 Å². The van der Waals surface area contributed by atoms with Gasteiger partial charge in [-0.2, -0.15) is 0 Å². The highest BCUT2D eigenvalue weighted by Gasteiger charge is 2.20. The summed E-state index contributed by atoms with van der Waals surface area (Å²) in [5.74, 6) is -0.421. The molecule has 0 radical (unpaired) electrons. The van der Waals surface area contributed by atoms with Gasteiger partial charge in [0, 0.05) is 15.6 Å². The number of esters is 1. The third-order valence-electron chi connectivity index (χ3n) is 2.54. The van der Waals surface area contributed by atoms with Crippen LogP contribution in [-0.2, 0) is 4.74 Å². The van der Waals surface area contributed by atoms with Gasteiger partial charge in [-0.15, -0.1) is 0 Å². The van der Waals surface area contributed by atoms with Crippen LogP contribution in [0.5, 0.6) is 0 Å². The summed E-state index contributed by atoms with van der Waals surface area (Å²) in [6.45, 7) is 0. The first kappa shape index (κ1) is 13.9. The lowest BCUT2D eigenvalue weighted by atomic mass is 10.1. The highest BCUT2D eigenvalue weighted by molar-refractivity contribution is 6.33. The number of carbonyl (C=O) groups excluding carboxylic acids is 1. The molecule has 6 heteroatoms. The van der Waals surface area contributed by atoms with E-state index < -0.39 is 12.1 Å². The van der Waals surface area contributed by atoms with Gasteiger partial charge in [-0.1, -0.05) is 23.2 Å². The number of rotatable bonds is 3. The Balaban J connectivity index is 2.33. The average Bonchev–Trinajstić information content (AvgIpc) is 2.89. The van der Waals surface area contributed by atoms with Gasteiger partial charge in [-0.3, -0.25) is 0 Å². The highest BCUT2D eigenvalue weighted by Crippen LogP contribution is 2.31. The first-order valence-electron chi connectivity index (χ1n) is 5.34. The van der Waals surface area contributed by atoms with Crippen LogP contribution in [0.15, 0.2) is 34.7 Å². The van der Waals surface area contributed by atoms with E-state index in [-0.39, 0.29) is 11.5 Å². The molecule has 1 N–H and O–H groups in total. The zero-order valence-corrected chi connectivity index (χ0v) is 11.4. The number of methoxy groups -OCH3 is 1. The Morgan fingerprint density at radius 1 is 1.32 bits per heavy atom. The summed E-state index contributed by atoms with van der Waals surface area (Å²) in [5.41, 5.74) is 0.403. The van der Waals surface area contributed by atoms with Gasteiger partial charge in [0.05, 0.1) is 7.11 Å². The smallest absolute Gasteiger partial charge is 0.373 e. The summed E-state index contributed by atoms with van der Waals surface area (Å²) in [5, 5.41) is 11.0. The summed E-state index contributed by atoms with van der Waals surface area (Å²) >= 11 is 11.8. The quantitative estimate of drug-likeness (QED) is 0.882. The van der Waals surface area contributed by atoms with Gasteiger partial charge in [-0.05, 0) is 30.3 Å². The van der Waals surface area contributed by atoms with Crippen LogP contribution in [0.1, 0.15) is 28.0 Å². The standard InChI is InChI=1S/C13H10Cl2O4/c1-18-13(17)11-5-4-10(19-11)12(16)8-6-7(14)2-3-9(8)15/h2-6,12,16H,1H3. The molecule has 19 heavy (non-hydrogen) atoms. The van der Waals surface area contributed by atoms with Crippen LogP contribution in [-0.4, -0.2) is 18.2 Å². The molecule has 0 aliphatic heterocycles. The molecule has 0 spiro atoms. The van der Waals surface area contributed by atoms with Crippen LogP contribution in [0, 0.1) is 0 Å². The lowest BCUT2D eigenvalue weighted by Crippen LogP contribution is -2.01. The topological polar surface area (TPSA) is 59.7 Å². The summed E-state index contributed by atoms with van der Waals surface area (Å²) in [7, 11) is 1.24. The Labute approximate surface area is 119 Å². The van der Waals surface area contributed by atoms with Crippen molar-refractivity contribution in [3.05, 3.63) is 57.5 Å². The first-order chi connectivity index (χ1) is 9.02. The van der Waals surface area contributed by atoms with Gasteiger partial charge in [0.2, 0.25) is 5.76 Å². The van der Waals surface area contributed by atoms with Gasteiger partial charge in [-0.25, -0.2) is 4.79 Å². The third-order valence-corrected chi connectivity index (χ3v) is 3.11. The monoisotopic (exact) mass is 300 g/mol. The predicted octanol–water partition coefficient (Wildman–Crippen LogP) is 3.45. The van der Waals surface area contributed by atoms with E-state index in [1.165, 1.54) is 25.3 Å². The number of aliphatic hydroxyl groups is 1. The minimum atomic E-state index is -1.11. The van der Waals surface area contributed by atoms with E-state index in [2.05, 4.69) is 4.74 Å². The van der Waals surface area contributed by atoms with E-state index in [1.807, 2.05) is 0 Å². The summed E-state index contributed by atoms with van der Waals surface area (Å²) in [6, 6.07) is 7.63. The van der Waals surface area contributed by atoms with Crippen molar-refractivity contribution >= 4 is 29.2 Å². The van der Waals surface area contributed by atoms with Crippen molar-refractivity contribution in [3.63, 3.8) is 0 Å². The zero-order chi connectivity index (χ0) is 14.0. The van der Waals surface area contributed by atoms with Crippen LogP contribution in [0.4, 0.5) is 0 Å². The molecule has 4 nitrogen and oxygen atoms in total. The van der Waals surface area contributed by atoms with E-state index in [4.69, 9.17) is 27.6 Å². The molecule has 0 aliphatic carbocycles. The Bertz CT molecular complexity index is 606. The minimum absolute atomic E-state index is 0.00898. The number of ether oxygens (including phenoxy) is 1. The molecule has 1 aromatic carbocycles. The number of furan rings is 1. The second-order valence-electron chi connectivity index (χ2n) is 3.76. The molecule has 1 atom stereocenters. The van der Waals surface area contributed by atoms with Crippen molar-refractivity contribution in [3.8, 4) is 0 Å². The SMILES string of the molecule is COC(=O)c1ccc(C(O)c2cc(Cl)ccc2Cl)o1. The zero-order valence-electron chi connectivity index (χ0n) is 9.89. The van der Waals surface area contributed by atoms with Crippen molar-refractivity contribution in [2.24, 2.45) is 0 Å². The summed E-state index contributed by atoms with van der Waals surface area (Å²) in [4.78, 5) is 11.3. The molecule has 0 saturated carbocycles. The maximum Gasteiger partial charge on any atom is 0.373 e. The molecule has 1 aromatic heterocycles. The van der Waals surface area contributed by atoms with Crippen LogP contribution in [0.3, 0.4) is 0 Å². The van der Waals surface area contributed by atoms with Gasteiger partial charge in [0.25, 0.3) is 0 Å². The fourth-order valence-electron chi connectivity index (χ4n) is 1.59. The second-order valence-corrected chi connectivity index (χ2v) is 4.61. The number of halogens is 2. The normalized spacial score (nSPS) is 12.2. The molecule has 2 rings (SSSR count). The Morgan fingerprint density at radius 3 is 2.74 bits per heavy atom. The Hall–Kier alpha value is -1.49. The summed E-state index contributed by atoms with van der Waals surface area (Å²) < 4.78 is 9.74. The van der Waals surface area contributed by atoms with E-state index in [0.717, 1.165) is 0 Å². The second kappa shape index (κ2) is 5.65. The summed E-state index contributed by atoms with van der Waals surface area (Å²) in [6.07, 6.45) is -1.11. The van der Waals surface area contributed by atoms with E-state index in [1.54, 1.807) is 12.1 Å². The first-order valence-corrected chi connectivity index (χ1v) is 6.09. The predicted molar refractivity (Wildman–Crippen MR) is 70.6 cm³/mol. The molecule has 2 aromatic rings. The lowest BCUT2D eigenvalue weighted by molar-refractivity contribution is 0.0558. The average molecular weight is 301 g/mol. The Morgan fingerprint density at radius 2 is 2.05 bits per heavy atom. The van der Waals surface area contributed by atoms with Crippen molar-refractivity contribution in [1.82, 2.24) is 0 Å². The van der Waals surface area contributed by atoms with Crippen molar-refractivity contribution < 1.29 is 19.1 Å². The molecule has 100 valence electrons. The van der Waals surface area contributed by atoms with E-state index in [9.17, 15) is 9.90 Å². The molecule has 1 heterocycles. The van der Waals surface area contributed by atoms with Crippen LogP contribution in [0.25, 0.3) is 0 Å². The number of aliphatic hydroxyl groups excluding tert-OH is 1. The lowest BCUT2D eigenvalue weighted by Gasteiger charge is -2.10. The minimum Gasteiger partial charge on any atom is -0.463 e. The van der Waals surface area contributed by atoms with Gasteiger partial charge in [0.15, 0.2) is 0 Å². The van der Waals surface area contributed by atoms with Crippen molar-refractivity contribution in [2.75, 3.05) is 7.11 Å². The van der Waals surface area contributed by atoms with E-state index in [0.29, 0.717) is 15.6 Å². The van der Waals surface area contributed by atoms with Crippen LogP contribution < -0.4 is 0 Å². The van der Waals surface area contributed by atoms with Crippen molar-refractivity contribution in [1.29, 1.82) is 0 Å². The fraction of sp³-hybridized carbons (Fsp3) is 0.154. The molecule has 0 fully saturated rings. The number of benzene rings is 1. The molecule has 0 aliphatic rings. The highest BCUT2D eigenvalue weighted by atomic mass is 35.5. The number of carbonyl (C=O) groups is 1. The molecule has 0 bridgehead atoms. The van der Waals surface area contributed by atoms with E-state index >= 15 is 0 Å². The molecule has 1 unspecified atom stereocenters. The molecular formula is C13H10Cl2O4. The molecular weight excluding hydrogens is 291 g/mol. The third kappa shape index (κ3) is 2.92. The van der Waals surface area contributed by atoms with Gasteiger partial charge >= 0.3 is 5.97 Å². The molecule has 0 amide bonds. The molecule has 0 saturated heterocycles. The largest absolute Gasteiger partial charge is 0.463 e. The fourth-order valence-corrected chi connectivity index (χ4v) is 1.99. The maximum absolute atomic E-state index is 11.3. The Kier molecular flexibility index (Phi) is 4.14. The van der Waals surface area contributed by atoms with Crippen LogP contribution in [0.2, 0.25) is 10.0 Å². The number of hydrogen-bond acceptors (Lipinski definition) is 4. The van der Waals surface area contributed by atoms with Gasteiger partial charge in [0.1, 0.15) is 11.9 Å². The number of hydrogen-bond donors (Lipinski definition) is 1. The van der Waals surface area contributed by atoms with Crippen LogP contribution >= 0.6 is 23.2 Å².